The third-order valence-corrected chi connectivity index (χ3v) is 4.46. The highest BCUT2D eigenvalue weighted by Gasteiger charge is 2.00. The van der Waals surface area contributed by atoms with E-state index in [1.807, 2.05) is 23.3 Å². The minimum atomic E-state index is 0.671. The van der Waals surface area contributed by atoms with Crippen LogP contribution in [0.3, 0.4) is 0 Å². The van der Waals surface area contributed by atoms with Crippen LogP contribution in [0.5, 0.6) is 0 Å². The van der Waals surface area contributed by atoms with Gasteiger partial charge in [0.25, 0.3) is 0 Å². The number of hydrogen-bond acceptors (Lipinski definition) is 4. The largest absolute Gasteiger partial charge is 0.314 e. The van der Waals surface area contributed by atoms with Gasteiger partial charge >= 0.3 is 0 Å². The van der Waals surface area contributed by atoms with Crippen LogP contribution in [0.25, 0.3) is 0 Å². The number of unbranched alkanes of at least 4 members (excludes halogenated alkanes) is 1. The molecule has 0 amide bonds. The smallest absolute Gasteiger partial charge is 0.149 e. The number of rotatable bonds is 9. The fourth-order valence-corrected chi connectivity index (χ4v) is 3.19. The van der Waals surface area contributed by atoms with E-state index in [0.29, 0.717) is 6.04 Å². The van der Waals surface area contributed by atoms with Crippen molar-refractivity contribution >= 4 is 23.1 Å². The van der Waals surface area contributed by atoms with Gasteiger partial charge in [-0.1, -0.05) is 25.1 Å². The van der Waals surface area contributed by atoms with E-state index in [9.17, 15) is 0 Å². The average Bonchev–Trinajstić information content (AvgIpc) is 2.79. The van der Waals surface area contributed by atoms with Gasteiger partial charge in [0.2, 0.25) is 0 Å². The second kappa shape index (κ2) is 9.02. The molecular formula is C12H22N2S2. The fourth-order valence-electron chi connectivity index (χ4n) is 1.49. The molecule has 1 aromatic rings. The van der Waals surface area contributed by atoms with Gasteiger partial charge in [-0.3, -0.25) is 0 Å². The Kier molecular flexibility index (Phi) is 7.89. The maximum absolute atomic E-state index is 4.26. The van der Waals surface area contributed by atoms with Crippen LogP contribution < -0.4 is 5.32 Å². The Bertz CT molecular complexity index is 250. The molecule has 0 bridgehead atoms. The number of thiazole rings is 1. The summed E-state index contributed by atoms with van der Waals surface area (Å²) in [5.74, 6) is 1.20. The number of thioether (sulfide) groups is 1. The highest BCUT2D eigenvalue weighted by atomic mass is 32.2. The first-order valence-electron chi connectivity index (χ1n) is 6.08. The van der Waals surface area contributed by atoms with Crippen LogP contribution in [0, 0.1) is 0 Å². The maximum Gasteiger partial charge on any atom is 0.149 e. The van der Waals surface area contributed by atoms with Gasteiger partial charge in [0.15, 0.2) is 0 Å². The third kappa shape index (κ3) is 6.51. The Morgan fingerprint density at radius 3 is 3.06 bits per heavy atom. The first-order valence-corrected chi connectivity index (χ1v) is 7.95. The zero-order chi connectivity index (χ0) is 11.6. The van der Waals surface area contributed by atoms with Crippen molar-refractivity contribution in [1.29, 1.82) is 0 Å². The molecule has 0 aliphatic heterocycles. The Balaban J connectivity index is 1.91. The molecule has 1 N–H and O–H groups in total. The van der Waals surface area contributed by atoms with Crippen molar-refractivity contribution in [3.8, 4) is 0 Å². The van der Waals surface area contributed by atoms with Crippen molar-refractivity contribution in [1.82, 2.24) is 10.3 Å². The molecule has 1 aromatic heterocycles. The SMILES string of the molecule is CCCNC(C)CCCCSc1nccs1. The number of hydrogen-bond donors (Lipinski definition) is 1. The van der Waals surface area contributed by atoms with E-state index in [4.69, 9.17) is 0 Å². The molecule has 1 rings (SSSR count). The van der Waals surface area contributed by atoms with Crippen molar-refractivity contribution < 1.29 is 0 Å². The highest BCUT2D eigenvalue weighted by molar-refractivity contribution is 8.00. The molecule has 4 heteroatoms. The second-order valence-corrected chi connectivity index (χ2v) is 6.23. The third-order valence-electron chi connectivity index (χ3n) is 2.41. The molecule has 0 aliphatic rings. The molecule has 0 radical (unpaired) electrons. The quantitative estimate of drug-likeness (QED) is 0.539. The fraction of sp³-hybridized carbons (Fsp3) is 0.750. The highest BCUT2D eigenvalue weighted by Crippen LogP contribution is 2.21. The molecular weight excluding hydrogens is 236 g/mol. The molecule has 1 unspecified atom stereocenters. The van der Waals surface area contributed by atoms with Gasteiger partial charge in [0.1, 0.15) is 4.34 Å². The normalized spacial score (nSPS) is 12.9. The Morgan fingerprint density at radius 1 is 1.50 bits per heavy atom. The Morgan fingerprint density at radius 2 is 2.38 bits per heavy atom. The lowest BCUT2D eigenvalue weighted by Crippen LogP contribution is -2.26. The maximum atomic E-state index is 4.26. The summed E-state index contributed by atoms with van der Waals surface area (Å²) in [4.78, 5) is 4.26. The molecule has 0 aliphatic carbocycles. The molecule has 0 fully saturated rings. The van der Waals surface area contributed by atoms with Crippen LogP contribution in [-0.4, -0.2) is 23.3 Å². The van der Waals surface area contributed by atoms with Gasteiger partial charge in [-0.15, -0.1) is 11.3 Å². The van der Waals surface area contributed by atoms with Crippen molar-refractivity contribution in [2.45, 2.75) is 49.9 Å². The average molecular weight is 258 g/mol. The molecule has 0 spiro atoms. The summed E-state index contributed by atoms with van der Waals surface area (Å²) in [7, 11) is 0. The van der Waals surface area contributed by atoms with Crippen LogP contribution >= 0.6 is 23.1 Å². The zero-order valence-corrected chi connectivity index (χ0v) is 11.9. The molecule has 0 aromatic carbocycles. The molecule has 0 saturated heterocycles. The molecule has 0 saturated carbocycles. The summed E-state index contributed by atoms with van der Waals surface area (Å²) in [5, 5.41) is 5.56. The van der Waals surface area contributed by atoms with E-state index in [2.05, 4.69) is 24.1 Å². The van der Waals surface area contributed by atoms with Gasteiger partial charge in [0, 0.05) is 23.4 Å². The lowest BCUT2D eigenvalue weighted by atomic mass is 10.1. The van der Waals surface area contributed by atoms with E-state index in [-0.39, 0.29) is 0 Å². The first kappa shape index (κ1) is 14.0. The Labute approximate surface area is 107 Å². The number of nitrogens with zero attached hydrogens (tertiary/aromatic N) is 1. The molecule has 2 nitrogen and oxygen atoms in total. The molecule has 1 atom stereocenters. The summed E-state index contributed by atoms with van der Waals surface area (Å²) >= 11 is 3.62. The molecule has 16 heavy (non-hydrogen) atoms. The van der Waals surface area contributed by atoms with Crippen LogP contribution in [0.4, 0.5) is 0 Å². The van der Waals surface area contributed by atoms with E-state index < -0.39 is 0 Å². The summed E-state index contributed by atoms with van der Waals surface area (Å²) in [6.45, 7) is 5.64. The van der Waals surface area contributed by atoms with E-state index in [0.717, 1.165) is 6.54 Å². The Hall–Kier alpha value is -0.0600. The minimum absolute atomic E-state index is 0.671. The summed E-state index contributed by atoms with van der Waals surface area (Å²) in [6, 6.07) is 0.671. The van der Waals surface area contributed by atoms with Crippen LogP contribution in [0.15, 0.2) is 15.9 Å². The van der Waals surface area contributed by atoms with E-state index >= 15 is 0 Å². The topological polar surface area (TPSA) is 24.9 Å². The lowest BCUT2D eigenvalue weighted by molar-refractivity contribution is 0.496. The first-order chi connectivity index (χ1) is 7.83. The molecule has 92 valence electrons. The van der Waals surface area contributed by atoms with Gasteiger partial charge in [-0.2, -0.15) is 0 Å². The van der Waals surface area contributed by atoms with Crippen LogP contribution in [0.2, 0.25) is 0 Å². The van der Waals surface area contributed by atoms with Gasteiger partial charge in [-0.05, 0) is 32.7 Å². The van der Waals surface area contributed by atoms with E-state index in [1.54, 1.807) is 11.3 Å². The van der Waals surface area contributed by atoms with Gasteiger partial charge in [-0.25, -0.2) is 4.98 Å². The predicted octanol–water partition coefficient (Wildman–Crippen LogP) is 3.79. The van der Waals surface area contributed by atoms with Gasteiger partial charge < -0.3 is 5.32 Å². The van der Waals surface area contributed by atoms with Crippen molar-refractivity contribution in [3.05, 3.63) is 11.6 Å². The molecule has 1 heterocycles. The lowest BCUT2D eigenvalue weighted by Gasteiger charge is -2.12. The number of nitrogens with one attached hydrogen (secondary N) is 1. The standard InChI is InChI=1S/C12H22N2S2/c1-3-7-13-11(2)6-4-5-9-15-12-14-8-10-16-12/h8,10-11,13H,3-7,9H2,1-2H3. The van der Waals surface area contributed by atoms with Crippen LogP contribution in [0.1, 0.15) is 39.5 Å². The van der Waals surface area contributed by atoms with Crippen LogP contribution in [-0.2, 0) is 0 Å². The monoisotopic (exact) mass is 258 g/mol. The summed E-state index contributed by atoms with van der Waals surface area (Å²) in [5.41, 5.74) is 0. The second-order valence-electron chi connectivity index (χ2n) is 4.00. The number of aromatic nitrogens is 1. The zero-order valence-electron chi connectivity index (χ0n) is 10.2. The van der Waals surface area contributed by atoms with Crippen molar-refractivity contribution in [2.24, 2.45) is 0 Å². The van der Waals surface area contributed by atoms with Gasteiger partial charge in [0.05, 0.1) is 0 Å². The predicted molar refractivity (Wildman–Crippen MR) is 74.4 cm³/mol. The van der Waals surface area contributed by atoms with Crippen molar-refractivity contribution in [2.75, 3.05) is 12.3 Å². The minimum Gasteiger partial charge on any atom is -0.314 e. The summed E-state index contributed by atoms with van der Waals surface area (Å²) < 4.78 is 1.21. The van der Waals surface area contributed by atoms with Crippen molar-refractivity contribution in [3.63, 3.8) is 0 Å². The van der Waals surface area contributed by atoms with E-state index in [1.165, 1.54) is 35.8 Å². The summed E-state index contributed by atoms with van der Waals surface area (Å²) in [6.07, 6.45) is 7.01.